The molecule has 0 aliphatic carbocycles. The Morgan fingerprint density at radius 2 is 1.85 bits per heavy atom. The SMILES string of the molecule is CCCCNc1cc(-c2ccc(C3=N[C@@H](C(CC)C(=O)O)c4nnc(C)n4-c4sc(C)c(C)c43)cc2)ncn1. The van der Waals surface area contributed by atoms with Gasteiger partial charge in [0.25, 0.3) is 0 Å². The van der Waals surface area contributed by atoms with Crippen LogP contribution < -0.4 is 5.32 Å². The second kappa shape index (κ2) is 11.1. The van der Waals surface area contributed by atoms with Crippen LogP contribution in [-0.2, 0) is 4.79 Å². The maximum atomic E-state index is 12.3. The van der Waals surface area contributed by atoms with E-state index in [1.54, 1.807) is 17.7 Å². The number of carbonyl (C=O) groups is 1. The van der Waals surface area contributed by atoms with Crippen LogP contribution in [0.2, 0.25) is 0 Å². The minimum absolute atomic E-state index is 0.426. The largest absolute Gasteiger partial charge is 0.481 e. The molecule has 3 aromatic heterocycles. The molecule has 1 aliphatic rings. The molecule has 39 heavy (non-hydrogen) atoms. The van der Waals surface area contributed by atoms with Gasteiger partial charge in [-0.15, -0.1) is 21.5 Å². The summed E-state index contributed by atoms with van der Waals surface area (Å²) in [5.41, 5.74) is 5.61. The predicted molar refractivity (Wildman–Crippen MR) is 154 cm³/mol. The second-order valence-corrected chi connectivity index (χ2v) is 11.0. The summed E-state index contributed by atoms with van der Waals surface area (Å²) in [5, 5.41) is 23.2. The zero-order valence-electron chi connectivity index (χ0n) is 22.9. The summed E-state index contributed by atoms with van der Waals surface area (Å²) in [5.74, 6) is 0.479. The summed E-state index contributed by atoms with van der Waals surface area (Å²) in [4.78, 5) is 27.5. The normalized spacial score (nSPS) is 15.2. The molecule has 0 radical (unpaired) electrons. The number of nitrogens with one attached hydrogen (secondary N) is 1. The van der Waals surface area contributed by atoms with E-state index >= 15 is 0 Å². The van der Waals surface area contributed by atoms with E-state index in [2.05, 4.69) is 46.3 Å². The molecule has 4 aromatic rings. The fraction of sp³-hybridized carbons (Fsp3) is 0.379. The lowest BCUT2D eigenvalue weighted by Crippen LogP contribution is -2.23. The number of aliphatic carboxylic acids is 1. The average molecular weight is 544 g/mol. The smallest absolute Gasteiger partial charge is 0.309 e. The van der Waals surface area contributed by atoms with Crippen molar-refractivity contribution in [2.24, 2.45) is 10.9 Å². The van der Waals surface area contributed by atoms with E-state index in [1.165, 1.54) is 4.88 Å². The van der Waals surface area contributed by atoms with Crippen molar-refractivity contribution in [2.75, 3.05) is 11.9 Å². The molecule has 0 bridgehead atoms. The van der Waals surface area contributed by atoms with Gasteiger partial charge in [0.15, 0.2) is 5.82 Å². The zero-order valence-corrected chi connectivity index (χ0v) is 23.7. The van der Waals surface area contributed by atoms with Gasteiger partial charge in [-0.3, -0.25) is 14.4 Å². The van der Waals surface area contributed by atoms with Crippen LogP contribution in [0, 0.1) is 26.7 Å². The molecule has 2 atom stereocenters. The van der Waals surface area contributed by atoms with Crippen LogP contribution >= 0.6 is 11.3 Å². The van der Waals surface area contributed by atoms with Gasteiger partial charge >= 0.3 is 5.97 Å². The number of hydrogen-bond acceptors (Lipinski definition) is 8. The number of rotatable bonds is 9. The van der Waals surface area contributed by atoms with E-state index in [4.69, 9.17) is 4.99 Å². The van der Waals surface area contributed by atoms with Crippen LogP contribution in [-0.4, -0.2) is 48.1 Å². The Balaban J connectivity index is 1.60. The van der Waals surface area contributed by atoms with E-state index in [9.17, 15) is 9.90 Å². The third-order valence-corrected chi connectivity index (χ3v) is 8.48. The number of carboxylic acids is 1. The summed E-state index contributed by atoms with van der Waals surface area (Å²) in [7, 11) is 0. The molecule has 10 heteroatoms. The van der Waals surface area contributed by atoms with Crippen molar-refractivity contribution in [2.45, 2.75) is 59.9 Å². The maximum Gasteiger partial charge on any atom is 0.309 e. The van der Waals surface area contributed by atoms with Gasteiger partial charge in [-0.1, -0.05) is 44.5 Å². The van der Waals surface area contributed by atoms with Crippen molar-refractivity contribution in [1.82, 2.24) is 24.7 Å². The molecule has 0 saturated heterocycles. The van der Waals surface area contributed by atoms with Crippen LogP contribution in [0.15, 0.2) is 41.7 Å². The first-order chi connectivity index (χ1) is 18.8. The predicted octanol–water partition coefficient (Wildman–Crippen LogP) is 5.93. The second-order valence-electron chi connectivity index (χ2n) is 9.83. The molecule has 1 unspecified atom stereocenters. The highest BCUT2D eigenvalue weighted by atomic mass is 32.1. The summed E-state index contributed by atoms with van der Waals surface area (Å²) < 4.78 is 2.00. The van der Waals surface area contributed by atoms with E-state index in [1.807, 2.05) is 48.7 Å². The van der Waals surface area contributed by atoms with E-state index in [-0.39, 0.29) is 0 Å². The first kappa shape index (κ1) is 26.7. The standard InChI is InChI=1S/C29H33N7O2S/c1-6-8-13-30-23-14-22(31-15-32-23)19-9-11-20(12-10-19)25-24-16(3)17(4)39-28(24)36-18(5)34-35-27(36)26(33-25)21(7-2)29(37)38/h9-12,14-15,21,26H,6-8,13H2,1-5H3,(H,37,38)(H,30,31,32)/t21?,26-/m0/s1. The van der Waals surface area contributed by atoms with Crippen molar-refractivity contribution in [1.29, 1.82) is 0 Å². The molecule has 9 nitrogen and oxygen atoms in total. The molecule has 0 saturated carbocycles. The van der Waals surface area contributed by atoms with Crippen molar-refractivity contribution in [3.8, 4) is 16.3 Å². The highest BCUT2D eigenvalue weighted by Gasteiger charge is 2.37. The maximum absolute atomic E-state index is 12.3. The molecule has 0 amide bonds. The highest BCUT2D eigenvalue weighted by Crippen LogP contribution is 2.41. The Bertz CT molecular complexity index is 1540. The molecule has 0 fully saturated rings. The number of aryl methyl sites for hydroxylation is 2. The van der Waals surface area contributed by atoms with Gasteiger partial charge in [-0.05, 0) is 39.2 Å². The summed E-state index contributed by atoms with van der Waals surface area (Å²) in [6.45, 7) is 11.0. The van der Waals surface area contributed by atoms with E-state index < -0.39 is 17.9 Å². The summed E-state index contributed by atoms with van der Waals surface area (Å²) in [6, 6.07) is 9.43. The fourth-order valence-corrected chi connectivity index (χ4v) is 6.17. The van der Waals surface area contributed by atoms with Gasteiger partial charge < -0.3 is 10.4 Å². The van der Waals surface area contributed by atoms with Crippen LogP contribution in [0.3, 0.4) is 0 Å². The Morgan fingerprint density at radius 3 is 2.54 bits per heavy atom. The number of nitrogens with zero attached hydrogens (tertiary/aromatic N) is 6. The Morgan fingerprint density at radius 1 is 1.10 bits per heavy atom. The number of unbranched alkanes of at least 4 members (excludes halogenated alkanes) is 1. The van der Waals surface area contributed by atoms with Crippen LogP contribution in [0.1, 0.15) is 72.4 Å². The van der Waals surface area contributed by atoms with Gasteiger partial charge in [0.2, 0.25) is 0 Å². The third kappa shape index (κ3) is 4.96. The number of fused-ring (bicyclic) bond motifs is 3. The van der Waals surface area contributed by atoms with Crippen molar-refractivity contribution < 1.29 is 9.90 Å². The van der Waals surface area contributed by atoms with Gasteiger partial charge in [0.05, 0.1) is 17.3 Å². The quantitative estimate of drug-likeness (QED) is 0.251. The molecule has 4 heterocycles. The summed E-state index contributed by atoms with van der Waals surface area (Å²) in [6.07, 6.45) is 4.20. The first-order valence-electron chi connectivity index (χ1n) is 13.3. The number of benzene rings is 1. The minimum Gasteiger partial charge on any atom is -0.481 e. The lowest BCUT2D eigenvalue weighted by molar-refractivity contribution is -0.142. The van der Waals surface area contributed by atoms with Crippen LogP contribution in [0.4, 0.5) is 5.82 Å². The topological polar surface area (TPSA) is 118 Å². The number of carboxylic acid groups (broad SMARTS) is 1. The third-order valence-electron chi connectivity index (χ3n) is 7.29. The molecule has 0 spiro atoms. The number of aromatic nitrogens is 5. The average Bonchev–Trinajstić information content (AvgIpc) is 3.40. The van der Waals surface area contributed by atoms with Crippen molar-refractivity contribution in [3.05, 3.63) is 69.9 Å². The molecule has 5 rings (SSSR count). The Hall–Kier alpha value is -3.92. The number of hydrogen-bond donors (Lipinski definition) is 2. The molecule has 2 N–H and O–H groups in total. The monoisotopic (exact) mass is 543 g/mol. The lowest BCUT2D eigenvalue weighted by Gasteiger charge is -2.18. The Labute approximate surface area is 232 Å². The van der Waals surface area contributed by atoms with Gasteiger partial charge in [0, 0.05) is 34.2 Å². The molecule has 1 aromatic carbocycles. The number of aliphatic imine (C=N–C) groups is 1. The zero-order chi connectivity index (χ0) is 27.7. The van der Waals surface area contributed by atoms with Crippen molar-refractivity contribution >= 4 is 28.8 Å². The van der Waals surface area contributed by atoms with Gasteiger partial charge in [0.1, 0.15) is 29.0 Å². The number of anilines is 1. The molecular formula is C29H33N7O2S. The number of thiophene rings is 1. The molecule has 202 valence electrons. The van der Waals surface area contributed by atoms with Crippen LogP contribution in [0.5, 0.6) is 0 Å². The van der Waals surface area contributed by atoms with E-state index in [0.29, 0.717) is 12.2 Å². The van der Waals surface area contributed by atoms with Crippen LogP contribution in [0.25, 0.3) is 16.3 Å². The van der Waals surface area contributed by atoms with Crippen molar-refractivity contribution in [3.63, 3.8) is 0 Å². The lowest BCUT2D eigenvalue weighted by atomic mass is 9.95. The first-order valence-corrected chi connectivity index (χ1v) is 14.2. The minimum atomic E-state index is -0.890. The Kier molecular flexibility index (Phi) is 7.56. The van der Waals surface area contributed by atoms with Gasteiger partial charge in [-0.2, -0.15) is 0 Å². The highest BCUT2D eigenvalue weighted by molar-refractivity contribution is 7.15. The molecular weight excluding hydrogens is 510 g/mol. The summed E-state index contributed by atoms with van der Waals surface area (Å²) >= 11 is 1.66. The molecule has 1 aliphatic heterocycles. The van der Waals surface area contributed by atoms with E-state index in [0.717, 1.165) is 69.7 Å². The fourth-order valence-electron chi connectivity index (χ4n) is 4.95. The van der Waals surface area contributed by atoms with Gasteiger partial charge in [-0.25, -0.2) is 9.97 Å².